The largest absolute Gasteiger partial charge is 0.478 e. The minimum absolute atomic E-state index is 0.0165. The lowest BCUT2D eigenvalue weighted by Gasteiger charge is -2.15. The van der Waals surface area contributed by atoms with Crippen LogP contribution in [0.15, 0.2) is 24.3 Å². The van der Waals surface area contributed by atoms with E-state index < -0.39 is 35.0 Å². The molecular formula is C14H14N2O6S. The Morgan fingerprint density at radius 1 is 1.35 bits per heavy atom. The van der Waals surface area contributed by atoms with Crippen LogP contribution in [0.25, 0.3) is 0 Å². The minimum Gasteiger partial charge on any atom is -0.478 e. The van der Waals surface area contributed by atoms with Crippen LogP contribution in [-0.4, -0.2) is 51.6 Å². The fraction of sp³-hybridized carbons (Fsp3) is 0.286. The quantitative estimate of drug-likeness (QED) is 0.748. The average Bonchev–Trinajstić information content (AvgIpc) is 2.75. The Morgan fingerprint density at radius 3 is 2.70 bits per heavy atom. The summed E-state index contributed by atoms with van der Waals surface area (Å²) in [6, 6.07) is 6.04. The van der Waals surface area contributed by atoms with E-state index in [9.17, 15) is 19.2 Å². The van der Waals surface area contributed by atoms with Crippen LogP contribution in [0.2, 0.25) is 0 Å². The maximum atomic E-state index is 12.2. The van der Waals surface area contributed by atoms with Gasteiger partial charge < -0.3 is 15.2 Å². The van der Waals surface area contributed by atoms with Gasteiger partial charge in [0, 0.05) is 5.69 Å². The molecule has 1 aromatic carbocycles. The van der Waals surface area contributed by atoms with Gasteiger partial charge in [0.15, 0.2) is 5.37 Å². The Bertz CT molecular complexity index is 662. The second-order valence-electron chi connectivity index (χ2n) is 4.49. The molecule has 2 rings (SSSR count). The molecule has 1 fully saturated rings. The number of hydrogen-bond donors (Lipinski definition) is 2. The van der Waals surface area contributed by atoms with E-state index in [1.807, 2.05) is 0 Å². The highest BCUT2D eigenvalue weighted by Crippen LogP contribution is 2.29. The number of amides is 2. The van der Waals surface area contributed by atoms with Crippen molar-refractivity contribution >= 4 is 40.5 Å². The molecule has 0 saturated carbocycles. The van der Waals surface area contributed by atoms with E-state index in [-0.39, 0.29) is 17.9 Å². The number of carbonyl (C=O) groups is 4. The first kappa shape index (κ1) is 16.8. The normalized spacial score (nSPS) is 17.3. The van der Waals surface area contributed by atoms with E-state index in [1.54, 1.807) is 19.1 Å². The van der Waals surface area contributed by atoms with Gasteiger partial charge >= 0.3 is 11.9 Å². The molecule has 2 amide bonds. The molecule has 0 unspecified atom stereocenters. The van der Waals surface area contributed by atoms with Gasteiger partial charge in [0.2, 0.25) is 0 Å². The number of benzene rings is 1. The molecule has 1 aromatic rings. The maximum Gasteiger partial charge on any atom is 0.337 e. The monoisotopic (exact) mass is 338 g/mol. The van der Waals surface area contributed by atoms with E-state index >= 15 is 0 Å². The summed E-state index contributed by atoms with van der Waals surface area (Å²) in [4.78, 5) is 47.4. The second-order valence-corrected chi connectivity index (χ2v) is 5.54. The number of hydrogen-bond acceptors (Lipinski definition) is 7. The van der Waals surface area contributed by atoms with Gasteiger partial charge in [-0.3, -0.25) is 19.3 Å². The number of carbonyl (C=O) groups excluding carboxylic acids is 3. The van der Waals surface area contributed by atoms with Gasteiger partial charge in [-0.2, -0.15) is 0 Å². The first-order chi connectivity index (χ1) is 10.9. The molecule has 23 heavy (non-hydrogen) atoms. The number of rotatable bonds is 6. The van der Waals surface area contributed by atoms with Crippen LogP contribution in [-0.2, 0) is 14.3 Å². The zero-order valence-corrected chi connectivity index (χ0v) is 13.0. The first-order valence-corrected chi connectivity index (χ1v) is 7.58. The van der Waals surface area contributed by atoms with Gasteiger partial charge in [-0.05, 0) is 30.8 Å². The van der Waals surface area contributed by atoms with Crippen LogP contribution >= 0.6 is 11.8 Å². The molecule has 1 aliphatic heterocycles. The summed E-state index contributed by atoms with van der Waals surface area (Å²) < 4.78 is 4.71. The molecule has 0 aromatic heterocycles. The van der Waals surface area contributed by atoms with Gasteiger partial charge in [0.25, 0.3) is 11.1 Å². The van der Waals surface area contributed by atoms with Gasteiger partial charge in [-0.1, -0.05) is 12.1 Å². The van der Waals surface area contributed by atoms with Crippen LogP contribution in [0.3, 0.4) is 0 Å². The Balaban J connectivity index is 2.11. The molecule has 2 N–H and O–H groups in total. The molecule has 1 atom stereocenters. The average molecular weight is 338 g/mol. The SMILES string of the molecule is CCOC(=O)CN1C(=O)S[C@H](Nc2ccccc2C(=O)O)C1=O. The van der Waals surface area contributed by atoms with Crippen LogP contribution in [0, 0.1) is 0 Å². The summed E-state index contributed by atoms with van der Waals surface area (Å²) in [6.07, 6.45) is 0. The van der Waals surface area contributed by atoms with E-state index in [1.165, 1.54) is 12.1 Å². The van der Waals surface area contributed by atoms with Gasteiger partial charge in [-0.25, -0.2) is 4.79 Å². The third-order valence-corrected chi connectivity index (χ3v) is 3.94. The second kappa shape index (κ2) is 7.14. The number of thioether (sulfide) groups is 1. The number of nitrogens with one attached hydrogen (secondary N) is 1. The molecule has 1 saturated heterocycles. The molecule has 8 nitrogen and oxygen atoms in total. The highest BCUT2D eigenvalue weighted by molar-refractivity contribution is 8.15. The number of aromatic carboxylic acids is 1. The highest BCUT2D eigenvalue weighted by Gasteiger charge is 2.41. The third-order valence-electron chi connectivity index (χ3n) is 2.97. The van der Waals surface area contributed by atoms with Crippen LogP contribution < -0.4 is 5.32 Å². The summed E-state index contributed by atoms with van der Waals surface area (Å²) in [7, 11) is 0. The molecule has 0 radical (unpaired) electrons. The predicted octanol–water partition coefficient (Wildman–Crippen LogP) is 1.38. The fourth-order valence-electron chi connectivity index (χ4n) is 1.95. The molecule has 0 spiro atoms. The number of esters is 1. The van der Waals surface area contributed by atoms with Crippen molar-refractivity contribution in [2.24, 2.45) is 0 Å². The van der Waals surface area contributed by atoms with Crippen LogP contribution in [0.5, 0.6) is 0 Å². The van der Waals surface area contributed by atoms with E-state index in [2.05, 4.69) is 5.32 Å². The number of imide groups is 1. The zero-order valence-electron chi connectivity index (χ0n) is 12.1. The van der Waals surface area contributed by atoms with E-state index in [0.717, 1.165) is 4.90 Å². The zero-order chi connectivity index (χ0) is 17.0. The Hall–Kier alpha value is -2.55. The third kappa shape index (κ3) is 3.81. The molecular weight excluding hydrogens is 324 g/mol. The number of anilines is 1. The number of carboxylic acid groups (broad SMARTS) is 1. The van der Waals surface area contributed by atoms with Crippen molar-refractivity contribution in [2.75, 3.05) is 18.5 Å². The topological polar surface area (TPSA) is 113 Å². The van der Waals surface area contributed by atoms with Gasteiger partial charge in [0.1, 0.15) is 6.54 Å². The standard InChI is InChI=1S/C14H14N2O6S/c1-2-22-10(17)7-16-12(18)11(23-14(16)21)15-9-6-4-3-5-8(9)13(19)20/h3-6,11,15H,2,7H2,1H3,(H,19,20)/t11-/m0/s1. The smallest absolute Gasteiger partial charge is 0.337 e. The minimum atomic E-state index is -1.15. The molecule has 1 heterocycles. The molecule has 0 aliphatic carbocycles. The van der Waals surface area contributed by atoms with Crippen molar-refractivity contribution in [2.45, 2.75) is 12.3 Å². The van der Waals surface area contributed by atoms with Crippen LogP contribution in [0.4, 0.5) is 10.5 Å². The maximum absolute atomic E-state index is 12.2. The van der Waals surface area contributed by atoms with Crippen LogP contribution in [0.1, 0.15) is 17.3 Å². The molecule has 9 heteroatoms. The van der Waals surface area contributed by atoms with E-state index in [0.29, 0.717) is 11.8 Å². The number of para-hydroxylation sites is 1. The van der Waals surface area contributed by atoms with Crippen molar-refractivity contribution in [3.05, 3.63) is 29.8 Å². The number of ether oxygens (including phenoxy) is 1. The van der Waals surface area contributed by atoms with Crippen molar-refractivity contribution in [3.63, 3.8) is 0 Å². The molecule has 0 bridgehead atoms. The number of carboxylic acids is 1. The molecule has 1 aliphatic rings. The fourth-order valence-corrected chi connectivity index (χ4v) is 2.85. The van der Waals surface area contributed by atoms with Crippen molar-refractivity contribution in [1.82, 2.24) is 4.90 Å². The van der Waals surface area contributed by atoms with Gasteiger partial charge in [-0.15, -0.1) is 0 Å². The lowest BCUT2D eigenvalue weighted by molar-refractivity contribution is -0.146. The summed E-state index contributed by atoms with van der Waals surface area (Å²) in [5.74, 6) is -2.45. The summed E-state index contributed by atoms with van der Waals surface area (Å²) >= 11 is 0.683. The summed E-state index contributed by atoms with van der Waals surface area (Å²) in [6.45, 7) is 1.31. The lowest BCUT2D eigenvalue weighted by atomic mass is 10.2. The van der Waals surface area contributed by atoms with Crippen molar-refractivity contribution < 1.29 is 29.0 Å². The Morgan fingerprint density at radius 2 is 2.04 bits per heavy atom. The Labute approximate surface area is 135 Å². The molecule has 122 valence electrons. The number of nitrogens with zero attached hydrogens (tertiary/aromatic N) is 1. The van der Waals surface area contributed by atoms with Gasteiger partial charge in [0.05, 0.1) is 12.2 Å². The highest BCUT2D eigenvalue weighted by atomic mass is 32.2. The van der Waals surface area contributed by atoms with Crippen molar-refractivity contribution in [3.8, 4) is 0 Å². The Kier molecular flexibility index (Phi) is 5.22. The summed E-state index contributed by atoms with van der Waals surface area (Å²) in [5.41, 5.74) is 0.203. The lowest BCUT2D eigenvalue weighted by Crippen LogP contribution is -2.38. The predicted molar refractivity (Wildman–Crippen MR) is 82.1 cm³/mol. The van der Waals surface area contributed by atoms with E-state index in [4.69, 9.17) is 9.84 Å². The first-order valence-electron chi connectivity index (χ1n) is 6.70. The van der Waals surface area contributed by atoms with Crippen molar-refractivity contribution in [1.29, 1.82) is 0 Å². The summed E-state index contributed by atoms with van der Waals surface area (Å²) in [5, 5.41) is 10.3.